The SMILES string of the molecule is COC[C@@H]1CN(S(C)(=O)=O)CC12CCN(C(=O)CC1CC1)CC2. The summed E-state index contributed by atoms with van der Waals surface area (Å²) in [5.41, 5.74) is -0.0323. The van der Waals surface area contributed by atoms with Crippen molar-refractivity contribution in [3.05, 3.63) is 0 Å². The van der Waals surface area contributed by atoms with Crippen LogP contribution >= 0.6 is 0 Å². The molecule has 0 radical (unpaired) electrons. The van der Waals surface area contributed by atoms with E-state index in [0.29, 0.717) is 32.0 Å². The molecule has 1 atom stereocenters. The molecular formula is C16H28N2O4S. The second-order valence-electron chi connectivity index (χ2n) is 7.60. The Labute approximate surface area is 139 Å². The third kappa shape index (κ3) is 3.72. The van der Waals surface area contributed by atoms with Crippen LogP contribution < -0.4 is 0 Å². The molecule has 1 saturated carbocycles. The zero-order valence-electron chi connectivity index (χ0n) is 14.2. The quantitative estimate of drug-likeness (QED) is 0.744. The van der Waals surface area contributed by atoms with Gasteiger partial charge in [-0.3, -0.25) is 4.79 Å². The number of rotatable bonds is 5. The Hall–Kier alpha value is -0.660. The number of amides is 1. The third-order valence-electron chi connectivity index (χ3n) is 5.89. The predicted molar refractivity (Wildman–Crippen MR) is 87.4 cm³/mol. The number of hydrogen-bond donors (Lipinski definition) is 0. The average molecular weight is 344 g/mol. The number of hydrogen-bond acceptors (Lipinski definition) is 4. The van der Waals surface area contributed by atoms with Crippen LogP contribution in [0.15, 0.2) is 0 Å². The van der Waals surface area contributed by atoms with Crippen LogP contribution in [0.2, 0.25) is 0 Å². The maximum Gasteiger partial charge on any atom is 0.222 e. The van der Waals surface area contributed by atoms with Crippen molar-refractivity contribution < 1.29 is 17.9 Å². The van der Waals surface area contributed by atoms with E-state index in [9.17, 15) is 13.2 Å². The largest absolute Gasteiger partial charge is 0.384 e. The second kappa shape index (κ2) is 6.33. The molecule has 132 valence electrons. The van der Waals surface area contributed by atoms with Crippen LogP contribution in [-0.2, 0) is 19.6 Å². The fourth-order valence-corrected chi connectivity index (χ4v) is 5.08. The van der Waals surface area contributed by atoms with Crippen LogP contribution in [0.3, 0.4) is 0 Å². The van der Waals surface area contributed by atoms with Crippen LogP contribution in [0.4, 0.5) is 0 Å². The first kappa shape index (κ1) is 17.2. The molecule has 0 bridgehead atoms. The molecule has 1 spiro atoms. The van der Waals surface area contributed by atoms with Crippen molar-refractivity contribution in [3.63, 3.8) is 0 Å². The molecule has 2 aliphatic heterocycles. The molecular weight excluding hydrogens is 316 g/mol. The zero-order chi connectivity index (χ0) is 16.7. The van der Waals surface area contributed by atoms with Crippen LogP contribution in [0.1, 0.15) is 32.1 Å². The smallest absolute Gasteiger partial charge is 0.222 e. The normalized spacial score (nSPS) is 28.4. The number of methoxy groups -OCH3 is 1. The summed E-state index contributed by atoms with van der Waals surface area (Å²) in [6.07, 6.45) is 6.13. The molecule has 7 heteroatoms. The van der Waals surface area contributed by atoms with Crippen molar-refractivity contribution >= 4 is 15.9 Å². The molecule has 1 amide bonds. The molecule has 0 aromatic rings. The first-order chi connectivity index (χ1) is 10.8. The van der Waals surface area contributed by atoms with Crippen molar-refractivity contribution in [2.24, 2.45) is 17.3 Å². The summed E-state index contributed by atoms with van der Waals surface area (Å²) >= 11 is 0. The van der Waals surface area contributed by atoms with Crippen LogP contribution in [-0.4, -0.2) is 69.7 Å². The highest BCUT2D eigenvalue weighted by Crippen LogP contribution is 2.46. The lowest BCUT2D eigenvalue weighted by molar-refractivity contribution is -0.134. The molecule has 2 heterocycles. The monoisotopic (exact) mass is 344 g/mol. The summed E-state index contributed by atoms with van der Waals surface area (Å²) in [6, 6.07) is 0. The fourth-order valence-electron chi connectivity index (χ4n) is 4.13. The van der Waals surface area contributed by atoms with E-state index in [4.69, 9.17) is 4.74 Å². The minimum Gasteiger partial charge on any atom is -0.384 e. The minimum atomic E-state index is -3.17. The van der Waals surface area contributed by atoms with Crippen LogP contribution in [0, 0.1) is 17.3 Å². The first-order valence-corrected chi connectivity index (χ1v) is 10.4. The summed E-state index contributed by atoms with van der Waals surface area (Å²) in [7, 11) is -1.50. The summed E-state index contributed by atoms with van der Waals surface area (Å²) in [5.74, 6) is 1.12. The first-order valence-electron chi connectivity index (χ1n) is 8.56. The number of ether oxygens (including phenoxy) is 1. The van der Waals surface area contributed by atoms with E-state index in [1.807, 2.05) is 4.90 Å². The molecule has 0 aromatic heterocycles. The van der Waals surface area contributed by atoms with E-state index < -0.39 is 10.0 Å². The molecule has 3 rings (SSSR count). The topological polar surface area (TPSA) is 66.9 Å². The number of carbonyl (C=O) groups excluding carboxylic acids is 1. The van der Waals surface area contributed by atoms with Crippen molar-refractivity contribution in [2.45, 2.75) is 32.1 Å². The molecule has 0 aromatic carbocycles. The molecule has 23 heavy (non-hydrogen) atoms. The molecule has 2 saturated heterocycles. The van der Waals surface area contributed by atoms with E-state index in [1.165, 1.54) is 19.1 Å². The Balaban J connectivity index is 1.65. The lowest BCUT2D eigenvalue weighted by Gasteiger charge is -2.42. The average Bonchev–Trinajstić information content (AvgIpc) is 3.22. The van der Waals surface area contributed by atoms with Gasteiger partial charge in [-0.05, 0) is 37.0 Å². The predicted octanol–water partition coefficient (Wildman–Crippen LogP) is 0.933. The zero-order valence-corrected chi connectivity index (χ0v) is 15.0. The molecule has 0 N–H and O–H groups in total. The van der Waals surface area contributed by atoms with Gasteiger partial charge >= 0.3 is 0 Å². The summed E-state index contributed by atoms with van der Waals surface area (Å²) in [6.45, 7) is 3.21. The van der Waals surface area contributed by atoms with Gasteiger partial charge in [0.15, 0.2) is 0 Å². The van der Waals surface area contributed by atoms with Crippen LogP contribution in [0.25, 0.3) is 0 Å². The van der Waals surface area contributed by atoms with Gasteiger partial charge in [-0.15, -0.1) is 0 Å². The summed E-state index contributed by atoms with van der Waals surface area (Å²) in [4.78, 5) is 14.3. The number of likely N-dealkylation sites (tertiary alicyclic amines) is 1. The molecule has 1 aliphatic carbocycles. The van der Waals surface area contributed by atoms with E-state index in [1.54, 1.807) is 11.4 Å². The standard InChI is InChI=1S/C16H28N2O4S/c1-22-11-14-10-18(23(2,20)21)12-16(14)5-7-17(8-6-16)15(19)9-13-3-4-13/h13-14H,3-12H2,1-2H3/t14-/m0/s1. The van der Waals surface area contributed by atoms with Gasteiger partial charge in [-0.25, -0.2) is 12.7 Å². The molecule has 3 fully saturated rings. The van der Waals surface area contributed by atoms with Crippen molar-refractivity contribution in [3.8, 4) is 0 Å². The van der Waals surface area contributed by atoms with Crippen molar-refractivity contribution in [2.75, 3.05) is 46.2 Å². The Morgan fingerprint density at radius 2 is 1.91 bits per heavy atom. The number of piperidine rings is 1. The van der Waals surface area contributed by atoms with Crippen LogP contribution in [0.5, 0.6) is 0 Å². The Morgan fingerprint density at radius 1 is 1.26 bits per heavy atom. The molecule has 3 aliphatic rings. The Kier molecular flexibility index (Phi) is 4.73. The van der Waals surface area contributed by atoms with Crippen molar-refractivity contribution in [1.82, 2.24) is 9.21 Å². The fraction of sp³-hybridized carbons (Fsp3) is 0.938. The summed E-state index contributed by atoms with van der Waals surface area (Å²) < 4.78 is 30.8. The van der Waals surface area contributed by atoms with Crippen molar-refractivity contribution in [1.29, 1.82) is 0 Å². The maximum absolute atomic E-state index is 12.3. The highest BCUT2D eigenvalue weighted by atomic mass is 32.2. The summed E-state index contributed by atoms with van der Waals surface area (Å²) in [5, 5.41) is 0. The Bertz CT molecular complexity index is 550. The number of carbonyl (C=O) groups is 1. The second-order valence-corrected chi connectivity index (χ2v) is 9.58. The van der Waals surface area contributed by atoms with Gasteiger partial charge in [-0.1, -0.05) is 0 Å². The van der Waals surface area contributed by atoms with Gasteiger partial charge in [0.05, 0.1) is 12.9 Å². The maximum atomic E-state index is 12.3. The van der Waals surface area contributed by atoms with E-state index in [-0.39, 0.29) is 17.2 Å². The number of nitrogens with zero attached hydrogens (tertiary/aromatic N) is 2. The van der Waals surface area contributed by atoms with E-state index in [2.05, 4.69) is 0 Å². The number of sulfonamides is 1. The van der Waals surface area contributed by atoms with Gasteiger partial charge in [0.1, 0.15) is 0 Å². The molecule has 0 unspecified atom stereocenters. The van der Waals surface area contributed by atoms with Gasteiger partial charge in [0.25, 0.3) is 0 Å². The highest BCUT2D eigenvalue weighted by molar-refractivity contribution is 7.88. The Morgan fingerprint density at radius 3 is 2.43 bits per heavy atom. The van der Waals surface area contributed by atoms with E-state index in [0.717, 1.165) is 25.9 Å². The highest BCUT2D eigenvalue weighted by Gasteiger charge is 2.50. The van der Waals surface area contributed by atoms with Gasteiger partial charge in [0.2, 0.25) is 15.9 Å². The van der Waals surface area contributed by atoms with E-state index >= 15 is 0 Å². The van der Waals surface area contributed by atoms with Gasteiger partial charge in [-0.2, -0.15) is 0 Å². The lowest BCUT2D eigenvalue weighted by atomic mass is 9.71. The third-order valence-corrected chi connectivity index (χ3v) is 7.11. The minimum absolute atomic E-state index is 0.0323. The lowest BCUT2D eigenvalue weighted by Crippen LogP contribution is -2.47. The van der Waals surface area contributed by atoms with Gasteiger partial charge in [0, 0.05) is 45.6 Å². The molecule has 6 nitrogen and oxygen atoms in total. The van der Waals surface area contributed by atoms with Gasteiger partial charge < -0.3 is 9.64 Å².